The minimum atomic E-state index is -0.586. The third-order valence-electron chi connectivity index (χ3n) is 6.30. The van der Waals surface area contributed by atoms with Crippen molar-refractivity contribution in [2.75, 3.05) is 19.8 Å². The van der Waals surface area contributed by atoms with Gasteiger partial charge in [0.25, 0.3) is 0 Å². The highest BCUT2D eigenvalue weighted by Crippen LogP contribution is 2.71. The normalized spacial score (nSPS) is 36.1. The van der Waals surface area contributed by atoms with Crippen LogP contribution in [0.25, 0.3) is 0 Å². The van der Waals surface area contributed by atoms with Gasteiger partial charge in [-0.15, -0.1) is 11.8 Å². The first kappa shape index (κ1) is 21.4. The Kier molecular flexibility index (Phi) is 6.01. The second-order valence-corrected chi connectivity index (χ2v) is 10.5. The predicted molar refractivity (Wildman–Crippen MR) is 107 cm³/mol. The minimum absolute atomic E-state index is 0.0302. The molecule has 0 aromatic rings. The third kappa shape index (κ3) is 3.22. The van der Waals surface area contributed by atoms with E-state index in [2.05, 4.69) is 5.32 Å². The molecule has 3 aliphatic rings. The summed E-state index contributed by atoms with van der Waals surface area (Å²) in [6, 6.07) is -0.616. The standard InChI is InChI=1S/C20H32N2O5S/c1-5-27-18(26)14-13-17(25)22(10-6-7-11-23)15(16(24)21-12(2)3)20(13)9-8-19(14,4)28-20/h12-15,23H,5-11H2,1-4H3,(H,21,24)/t13-,14-,15?,19+,20?/m0/s1. The number of likely N-dealkylation sites (tertiary alicyclic amines) is 1. The van der Waals surface area contributed by atoms with Crippen LogP contribution < -0.4 is 5.32 Å². The number of nitrogens with zero attached hydrogens (tertiary/aromatic N) is 1. The molecule has 0 radical (unpaired) electrons. The molecule has 0 saturated carbocycles. The van der Waals surface area contributed by atoms with Crippen LogP contribution in [0.1, 0.15) is 53.4 Å². The fraction of sp³-hybridized carbons (Fsp3) is 0.850. The maximum atomic E-state index is 13.5. The van der Waals surface area contributed by atoms with Gasteiger partial charge in [0.2, 0.25) is 11.8 Å². The number of aliphatic hydroxyl groups is 1. The Morgan fingerprint density at radius 3 is 2.68 bits per heavy atom. The lowest BCUT2D eigenvalue weighted by molar-refractivity contribution is -0.155. The number of amides is 2. The number of thioether (sulfide) groups is 1. The molecule has 3 aliphatic heterocycles. The van der Waals surface area contributed by atoms with Crippen LogP contribution in [0.2, 0.25) is 0 Å². The van der Waals surface area contributed by atoms with E-state index in [9.17, 15) is 14.4 Å². The molecule has 3 fully saturated rings. The number of carbonyl (C=O) groups is 3. The number of unbranched alkanes of at least 4 members (excludes halogenated alkanes) is 1. The zero-order valence-electron chi connectivity index (χ0n) is 17.2. The minimum Gasteiger partial charge on any atom is -0.466 e. The second-order valence-electron chi connectivity index (χ2n) is 8.61. The fourth-order valence-electron chi connectivity index (χ4n) is 5.31. The van der Waals surface area contributed by atoms with E-state index in [0.29, 0.717) is 19.4 Å². The lowest BCUT2D eigenvalue weighted by atomic mass is 9.66. The van der Waals surface area contributed by atoms with Gasteiger partial charge in [-0.2, -0.15) is 0 Å². The van der Waals surface area contributed by atoms with Gasteiger partial charge in [0.15, 0.2) is 0 Å². The third-order valence-corrected chi connectivity index (χ3v) is 8.29. The predicted octanol–water partition coefficient (Wildman–Crippen LogP) is 1.33. The number of fused-ring (bicyclic) bond motifs is 1. The van der Waals surface area contributed by atoms with Gasteiger partial charge in [-0.1, -0.05) is 0 Å². The smallest absolute Gasteiger partial charge is 0.311 e. The van der Waals surface area contributed by atoms with Crippen LogP contribution in [-0.4, -0.2) is 69.1 Å². The molecule has 2 amide bonds. The molecule has 8 heteroatoms. The highest BCUT2D eigenvalue weighted by Gasteiger charge is 2.77. The Balaban J connectivity index is 1.99. The molecular formula is C20H32N2O5S. The Labute approximate surface area is 170 Å². The van der Waals surface area contributed by atoms with Crippen molar-refractivity contribution in [3.05, 3.63) is 0 Å². The first-order chi connectivity index (χ1) is 13.2. The van der Waals surface area contributed by atoms with Gasteiger partial charge < -0.3 is 20.1 Å². The summed E-state index contributed by atoms with van der Waals surface area (Å²) in [5, 5.41) is 12.1. The topological polar surface area (TPSA) is 95.9 Å². The molecule has 5 atom stereocenters. The highest BCUT2D eigenvalue weighted by molar-refractivity contribution is 8.02. The summed E-state index contributed by atoms with van der Waals surface area (Å²) in [5.74, 6) is -1.62. The van der Waals surface area contributed by atoms with Crippen molar-refractivity contribution in [1.29, 1.82) is 0 Å². The van der Waals surface area contributed by atoms with Crippen LogP contribution in [0.4, 0.5) is 0 Å². The number of carbonyl (C=O) groups excluding carboxylic acids is 3. The van der Waals surface area contributed by atoms with Gasteiger partial charge >= 0.3 is 5.97 Å². The zero-order chi connectivity index (χ0) is 20.7. The van der Waals surface area contributed by atoms with Crippen molar-refractivity contribution >= 4 is 29.5 Å². The maximum Gasteiger partial charge on any atom is 0.311 e. The Morgan fingerprint density at radius 2 is 2.07 bits per heavy atom. The molecule has 2 bridgehead atoms. The molecule has 3 heterocycles. The van der Waals surface area contributed by atoms with Gasteiger partial charge in [0.1, 0.15) is 6.04 Å². The lowest BCUT2D eigenvalue weighted by Crippen LogP contribution is -2.54. The number of hydrogen-bond acceptors (Lipinski definition) is 6. The Morgan fingerprint density at radius 1 is 1.36 bits per heavy atom. The van der Waals surface area contributed by atoms with Crippen molar-refractivity contribution in [3.8, 4) is 0 Å². The number of esters is 1. The van der Waals surface area contributed by atoms with E-state index in [1.54, 1.807) is 23.6 Å². The second kappa shape index (κ2) is 7.86. The largest absolute Gasteiger partial charge is 0.466 e. The number of nitrogens with one attached hydrogen (secondary N) is 1. The van der Waals surface area contributed by atoms with Crippen molar-refractivity contribution in [1.82, 2.24) is 10.2 Å². The van der Waals surface area contributed by atoms with E-state index >= 15 is 0 Å². The average Bonchev–Trinajstić information content (AvgIpc) is 3.16. The van der Waals surface area contributed by atoms with E-state index in [-0.39, 0.29) is 41.8 Å². The van der Waals surface area contributed by atoms with Crippen LogP contribution in [-0.2, 0) is 19.1 Å². The summed E-state index contributed by atoms with van der Waals surface area (Å²) >= 11 is 1.65. The maximum absolute atomic E-state index is 13.5. The van der Waals surface area contributed by atoms with E-state index in [1.807, 2.05) is 20.8 Å². The summed E-state index contributed by atoms with van der Waals surface area (Å²) in [6.07, 6.45) is 2.74. The molecule has 3 saturated heterocycles. The van der Waals surface area contributed by atoms with Crippen LogP contribution in [0, 0.1) is 11.8 Å². The van der Waals surface area contributed by atoms with Crippen LogP contribution in [0.5, 0.6) is 0 Å². The van der Waals surface area contributed by atoms with Crippen molar-refractivity contribution in [2.24, 2.45) is 11.8 Å². The Hall–Kier alpha value is -1.28. The number of rotatable bonds is 8. The van der Waals surface area contributed by atoms with Gasteiger partial charge in [-0.3, -0.25) is 14.4 Å². The van der Waals surface area contributed by atoms with E-state index in [1.165, 1.54) is 0 Å². The summed E-state index contributed by atoms with van der Waals surface area (Å²) in [5.41, 5.74) is 0. The lowest BCUT2D eigenvalue weighted by Gasteiger charge is -2.34. The van der Waals surface area contributed by atoms with Gasteiger partial charge in [0.05, 0.1) is 23.2 Å². The monoisotopic (exact) mass is 412 g/mol. The van der Waals surface area contributed by atoms with Gasteiger partial charge in [0, 0.05) is 23.9 Å². The van der Waals surface area contributed by atoms with Gasteiger partial charge in [-0.05, 0) is 53.4 Å². The number of ether oxygens (including phenoxy) is 1. The molecule has 0 aromatic carbocycles. The summed E-state index contributed by atoms with van der Waals surface area (Å²) in [4.78, 5) is 41.2. The molecule has 0 aliphatic carbocycles. The molecule has 7 nitrogen and oxygen atoms in total. The first-order valence-corrected chi connectivity index (χ1v) is 11.1. The van der Waals surface area contributed by atoms with Crippen LogP contribution >= 0.6 is 11.8 Å². The summed E-state index contributed by atoms with van der Waals surface area (Å²) in [6.45, 7) is 8.36. The van der Waals surface area contributed by atoms with Crippen molar-refractivity contribution in [2.45, 2.75) is 75.0 Å². The molecule has 0 aromatic heterocycles. The molecular weight excluding hydrogens is 380 g/mol. The number of aliphatic hydroxyl groups excluding tert-OH is 1. The van der Waals surface area contributed by atoms with Crippen molar-refractivity contribution in [3.63, 3.8) is 0 Å². The van der Waals surface area contributed by atoms with Gasteiger partial charge in [-0.25, -0.2) is 0 Å². The van der Waals surface area contributed by atoms with E-state index in [0.717, 1.165) is 12.8 Å². The zero-order valence-corrected chi connectivity index (χ0v) is 18.0. The average molecular weight is 413 g/mol. The molecule has 2 N–H and O–H groups in total. The van der Waals surface area contributed by atoms with Crippen LogP contribution in [0.15, 0.2) is 0 Å². The molecule has 28 heavy (non-hydrogen) atoms. The highest BCUT2D eigenvalue weighted by atomic mass is 32.2. The summed E-state index contributed by atoms with van der Waals surface area (Å²) in [7, 11) is 0. The molecule has 2 unspecified atom stereocenters. The molecule has 1 spiro atoms. The fourth-order valence-corrected chi connectivity index (χ4v) is 7.66. The van der Waals surface area contributed by atoms with Crippen molar-refractivity contribution < 1.29 is 24.2 Å². The molecule has 158 valence electrons. The SMILES string of the molecule is CCOC(=O)[C@@H]1[C@H]2C(=O)N(CCCCO)C(C(=O)NC(C)C)C23CC[C@@]1(C)S3. The summed E-state index contributed by atoms with van der Waals surface area (Å²) < 4.78 is 4.38. The van der Waals surface area contributed by atoms with E-state index in [4.69, 9.17) is 9.84 Å². The number of hydrogen-bond donors (Lipinski definition) is 2. The molecule has 3 rings (SSSR count). The first-order valence-electron chi connectivity index (χ1n) is 10.3. The van der Waals surface area contributed by atoms with E-state index < -0.39 is 22.6 Å². The Bertz CT molecular complexity index is 657. The quantitative estimate of drug-likeness (QED) is 0.461. The van der Waals surface area contributed by atoms with Crippen LogP contribution in [0.3, 0.4) is 0 Å².